The fourth-order valence-corrected chi connectivity index (χ4v) is 4.35. The Morgan fingerprint density at radius 1 is 1.31 bits per heavy atom. The highest BCUT2D eigenvalue weighted by Crippen LogP contribution is 2.47. The van der Waals surface area contributed by atoms with Crippen LogP contribution in [0.4, 0.5) is 0 Å². The Bertz CT molecular complexity index is 805. The Labute approximate surface area is 183 Å². The van der Waals surface area contributed by atoms with E-state index in [2.05, 4.69) is 0 Å². The van der Waals surface area contributed by atoms with Crippen molar-refractivity contribution in [1.29, 1.82) is 0 Å². The molecule has 0 saturated carbocycles. The van der Waals surface area contributed by atoms with Gasteiger partial charge in [-0.2, -0.15) is 0 Å². The first-order chi connectivity index (χ1) is 13.7. The molecule has 3 rings (SSSR count). The van der Waals surface area contributed by atoms with E-state index < -0.39 is 26.8 Å². The van der Waals surface area contributed by atoms with Crippen LogP contribution < -0.4 is 4.74 Å². The van der Waals surface area contributed by atoms with Gasteiger partial charge in [0.1, 0.15) is 5.75 Å². The van der Waals surface area contributed by atoms with Crippen LogP contribution in [0.25, 0.3) is 0 Å². The molecule has 10 heteroatoms. The summed E-state index contributed by atoms with van der Waals surface area (Å²) in [5.41, 5.74) is 1.36. The van der Waals surface area contributed by atoms with Gasteiger partial charge in [-0.3, -0.25) is 14.9 Å². The van der Waals surface area contributed by atoms with Gasteiger partial charge in [0.25, 0.3) is 6.04 Å². The second-order valence-electron chi connectivity index (χ2n) is 7.05. The third-order valence-corrected chi connectivity index (χ3v) is 5.72. The van der Waals surface area contributed by atoms with Crippen molar-refractivity contribution < 1.29 is 19.2 Å². The van der Waals surface area contributed by atoms with Crippen LogP contribution in [0.1, 0.15) is 24.8 Å². The minimum Gasteiger partial charge on any atom is -0.478 e. The maximum Gasteiger partial charge on any atom is 0.260 e. The number of ether oxygens (including phenoxy) is 2. The molecule has 0 unspecified atom stereocenters. The van der Waals surface area contributed by atoms with Gasteiger partial charge in [-0.05, 0) is 19.1 Å². The number of ketones is 1. The van der Waals surface area contributed by atoms with E-state index in [-0.39, 0.29) is 12.2 Å². The van der Waals surface area contributed by atoms with Gasteiger partial charge in [0.05, 0.1) is 19.1 Å². The summed E-state index contributed by atoms with van der Waals surface area (Å²) in [6.07, 6.45) is 0.485. The summed E-state index contributed by atoms with van der Waals surface area (Å²) in [6.45, 7) is 3.69. The number of carbonyl (C=O) groups excluding carboxylic acids is 1. The van der Waals surface area contributed by atoms with Gasteiger partial charge in [-0.15, -0.1) is 0 Å². The predicted molar refractivity (Wildman–Crippen MR) is 110 cm³/mol. The Morgan fingerprint density at radius 3 is 2.55 bits per heavy atom. The molecule has 0 aliphatic carbocycles. The molecule has 1 aromatic carbocycles. The van der Waals surface area contributed by atoms with Crippen molar-refractivity contribution in [3.8, 4) is 5.75 Å². The molecule has 1 saturated heterocycles. The Kier molecular flexibility index (Phi) is 6.94. The SMILES string of the molecule is CC(=O)/C=C(\C[C@H]1c2ccccc2O[C@H](C(Cl)(Cl)Cl)[C@H]1[N+](=O)[O-])N1CCOCC1. The minimum absolute atomic E-state index is 0.137. The lowest BCUT2D eigenvalue weighted by molar-refractivity contribution is -0.538. The van der Waals surface area contributed by atoms with E-state index in [1.54, 1.807) is 24.3 Å². The molecule has 2 aliphatic rings. The summed E-state index contributed by atoms with van der Waals surface area (Å²) in [5.74, 6) is -0.331. The summed E-state index contributed by atoms with van der Waals surface area (Å²) in [5, 5.41) is 12.0. The van der Waals surface area contributed by atoms with E-state index in [1.165, 1.54) is 13.0 Å². The minimum atomic E-state index is -1.99. The van der Waals surface area contributed by atoms with Crippen molar-refractivity contribution in [2.24, 2.45) is 0 Å². The van der Waals surface area contributed by atoms with Gasteiger partial charge < -0.3 is 14.4 Å². The first kappa shape index (κ1) is 22.2. The van der Waals surface area contributed by atoms with E-state index in [4.69, 9.17) is 44.3 Å². The molecule has 0 spiro atoms. The van der Waals surface area contributed by atoms with Crippen LogP contribution in [0.3, 0.4) is 0 Å². The fraction of sp³-hybridized carbons (Fsp3) is 0.526. The van der Waals surface area contributed by atoms with Crippen molar-refractivity contribution in [2.45, 2.75) is 35.2 Å². The lowest BCUT2D eigenvalue weighted by Gasteiger charge is -2.39. The molecule has 0 amide bonds. The molecule has 1 fully saturated rings. The molecule has 7 nitrogen and oxygen atoms in total. The third-order valence-electron chi connectivity index (χ3n) is 5.08. The summed E-state index contributed by atoms with van der Waals surface area (Å²) >= 11 is 18.2. The van der Waals surface area contributed by atoms with Crippen LogP contribution in [-0.2, 0) is 9.53 Å². The second-order valence-corrected chi connectivity index (χ2v) is 9.42. The zero-order valence-corrected chi connectivity index (χ0v) is 18.0. The van der Waals surface area contributed by atoms with Gasteiger partial charge >= 0.3 is 0 Å². The number of carbonyl (C=O) groups is 1. The first-order valence-electron chi connectivity index (χ1n) is 9.18. The van der Waals surface area contributed by atoms with E-state index in [1.807, 2.05) is 4.90 Å². The highest BCUT2D eigenvalue weighted by Gasteiger charge is 2.55. The molecule has 2 aliphatic heterocycles. The van der Waals surface area contributed by atoms with Crippen molar-refractivity contribution in [3.63, 3.8) is 0 Å². The summed E-state index contributed by atoms with van der Waals surface area (Å²) in [6, 6.07) is 5.71. The molecule has 0 bridgehead atoms. The highest BCUT2D eigenvalue weighted by atomic mass is 35.6. The number of fused-ring (bicyclic) bond motifs is 1. The van der Waals surface area contributed by atoms with E-state index in [0.29, 0.717) is 43.3 Å². The number of hydrogen-bond acceptors (Lipinski definition) is 6. The van der Waals surface area contributed by atoms with Gasteiger partial charge in [0, 0.05) is 35.7 Å². The number of rotatable bonds is 5. The Balaban J connectivity index is 2.04. The standard InChI is InChI=1S/C19H21Cl3N2O5/c1-12(25)10-13(23-6-8-28-9-7-23)11-15-14-4-2-3-5-16(14)29-18(19(20,21)22)17(15)24(26)27/h2-5,10,15,17-18H,6-9,11H2,1H3/b13-10+/t15-,17-,18-/m0/s1. The summed E-state index contributed by atoms with van der Waals surface area (Å²) in [4.78, 5) is 25.5. The molecule has 3 atom stereocenters. The van der Waals surface area contributed by atoms with E-state index in [0.717, 1.165) is 0 Å². The molecule has 0 radical (unpaired) electrons. The van der Waals surface area contributed by atoms with Crippen LogP contribution in [-0.4, -0.2) is 57.8 Å². The number of benzene rings is 1. The Morgan fingerprint density at radius 2 is 1.97 bits per heavy atom. The lowest BCUT2D eigenvalue weighted by Crippen LogP contribution is -2.52. The monoisotopic (exact) mass is 462 g/mol. The molecule has 2 heterocycles. The van der Waals surface area contributed by atoms with Gasteiger partial charge in [-0.25, -0.2) is 0 Å². The van der Waals surface area contributed by atoms with E-state index in [9.17, 15) is 14.9 Å². The van der Waals surface area contributed by atoms with Crippen LogP contribution in [0.5, 0.6) is 5.75 Å². The normalized spacial score (nSPS) is 25.2. The number of nitrogens with zero attached hydrogens (tertiary/aromatic N) is 2. The topological polar surface area (TPSA) is 81.9 Å². The van der Waals surface area contributed by atoms with Crippen molar-refractivity contribution in [3.05, 3.63) is 51.7 Å². The number of para-hydroxylation sites is 1. The zero-order chi connectivity index (χ0) is 21.2. The number of allylic oxidation sites excluding steroid dienone is 2. The number of halogens is 3. The average molecular weight is 464 g/mol. The van der Waals surface area contributed by atoms with Crippen LogP contribution in [0.15, 0.2) is 36.0 Å². The van der Waals surface area contributed by atoms with Gasteiger partial charge in [0.2, 0.25) is 9.90 Å². The summed E-state index contributed by atoms with van der Waals surface area (Å²) < 4.78 is 9.15. The third kappa shape index (κ3) is 5.15. The van der Waals surface area contributed by atoms with Gasteiger partial charge in [-0.1, -0.05) is 53.0 Å². The largest absolute Gasteiger partial charge is 0.478 e. The van der Waals surface area contributed by atoms with E-state index >= 15 is 0 Å². The molecule has 0 aromatic heterocycles. The average Bonchev–Trinajstić information content (AvgIpc) is 2.66. The maximum atomic E-state index is 12.0. The van der Waals surface area contributed by atoms with Crippen LogP contribution in [0, 0.1) is 10.1 Å². The first-order valence-corrected chi connectivity index (χ1v) is 10.3. The lowest BCUT2D eigenvalue weighted by atomic mass is 9.82. The van der Waals surface area contributed by atoms with Gasteiger partial charge in [0.15, 0.2) is 5.78 Å². The fourth-order valence-electron chi connectivity index (χ4n) is 3.83. The zero-order valence-electron chi connectivity index (χ0n) is 15.7. The number of hydrogen-bond donors (Lipinski definition) is 0. The van der Waals surface area contributed by atoms with Crippen molar-refractivity contribution in [2.75, 3.05) is 26.3 Å². The Hall–Kier alpha value is -1.54. The summed E-state index contributed by atoms with van der Waals surface area (Å²) in [7, 11) is 0. The molecule has 158 valence electrons. The number of alkyl halides is 3. The second kappa shape index (κ2) is 9.08. The van der Waals surface area contributed by atoms with Crippen molar-refractivity contribution in [1.82, 2.24) is 4.90 Å². The molecular weight excluding hydrogens is 443 g/mol. The molecule has 0 N–H and O–H groups in total. The smallest absolute Gasteiger partial charge is 0.260 e. The predicted octanol–water partition coefficient (Wildman–Crippen LogP) is 3.74. The highest BCUT2D eigenvalue weighted by molar-refractivity contribution is 6.68. The van der Waals surface area contributed by atoms with Crippen LogP contribution in [0.2, 0.25) is 0 Å². The molecular formula is C19H21Cl3N2O5. The number of morpholine rings is 1. The van der Waals surface area contributed by atoms with Crippen molar-refractivity contribution >= 4 is 40.6 Å². The molecule has 29 heavy (non-hydrogen) atoms. The maximum absolute atomic E-state index is 12.0. The van der Waals surface area contributed by atoms with Crippen LogP contribution >= 0.6 is 34.8 Å². The number of nitro groups is 1. The molecule has 1 aromatic rings. The quantitative estimate of drug-likeness (QED) is 0.286.